The minimum Gasteiger partial charge on any atom is -0.394 e. The van der Waals surface area contributed by atoms with Gasteiger partial charge in [0.2, 0.25) is 0 Å². The van der Waals surface area contributed by atoms with E-state index in [2.05, 4.69) is 24.3 Å². The number of aliphatic hydroxyl groups is 1. The molecule has 0 bridgehead atoms. The highest BCUT2D eigenvalue weighted by atomic mass is 16.5. The normalized spacial score (nSPS) is 12.6. The predicted octanol–water partition coefficient (Wildman–Crippen LogP) is 2.15. The fraction of sp³-hybridized carbons (Fsp3) is 0.294. The molecule has 2 rings (SSSR count). The Balaban J connectivity index is 2.33. The van der Waals surface area contributed by atoms with Gasteiger partial charge in [-0.05, 0) is 11.1 Å². The van der Waals surface area contributed by atoms with Gasteiger partial charge in [0.15, 0.2) is 0 Å². The number of nitrogens with two attached hydrogens (primary N) is 1. The molecule has 0 aliphatic heterocycles. The van der Waals surface area contributed by atoms with Gasteiger partial charge in [-0.3, -0.25) is 0 Å². The standard InChI is InChI=1S/C17H21NO2/c18-13-16(20-12-11-19)17(14-7-3-1-4-8-14)15-9-5-2-6-10-15/h1-10,16-17,19H,11-13,18H2. The molecule has 3 heteroatoms. The van der Waals surface area contributed by atoms with E-state index in [9.17, 15) is 0 Å². The second-order valence-corrected chi connectivity index (χ2v) is 4.67. The minimum atomic E-state index is -0.146. The molecule has 0 fully saturated rings. The van der Waals surface area contributed by atoms with E-state index in [0.717, 1.165) is 0 Å². The van der Waals surface area contributed by atoms with Crippen LogP contribution in [0.25, 0.3) is 0 Å². The van der Waals surface area contributed by atoms with E-state index in [1.54, 1.807) is 0 Å². The van der Waals surface area contributed by atoms with Gasteiger partial charge in [0, 0.05) is 12.5 Å². The molecule has 0 heterocycles. The van der Waals surface area contributed by atoms with Crippen LogP contribution in [0.4, 0.5) is 0 Å². The molecule has 0 radical (unpaired) electrons. The number of hydrogen-bond acceptors (Lipinski definition) is 3. The Hall–Kier alpha value is -1.68. The van der Waals surface area contributed by atoms with Gasteiger partial charge in [-0.1, -0.05) is 60.7 Å². The van der Waals surface area contributed by atoms with Crippen LogP contribution < -0.4 is 5.73 Å². The van der Waals surface area contributed by atoms with Crippen molar-refractivity contribution in [3.05, 3.63) is 71.8 Å². The van der Waals surface area contributed by atoms with Crippen molar-refractivity contribution in [1.29, 1.82) is 0 Å². The number of hydrogen-bond donors (Lipinski definition) is 2. The lowest BCUT2D eigenvalue weighted by Gasteiger charge is -2.27. The van der Waals surface area contributed by atoms with E-state index in [4.69, 9.17) is 15.6 Å². The molecule has 0 spiro atoms. The second-order valence-electron chi connectivity index (χ2n) is 4.67. The van der Waals surface area contributed by atoms with Crippen LogP contribution in [-0.4, -0.2) is 31.0 Å². The molecule has 1 atom stereocenters. The molecule has 2 aromatic rings. The summed E-state index contributed by atoms with van der Waals surface area (Å²) in [5.41, 5.74) is 8.23. The van der Waals surface area contributed by atoms with Gasteiger partial charge in [0.25, 0.3) is 0 Å². The Labute approximate surface area is 120 Å². The van der Waals surface area contributed by atoms with E-state index < -0.39 is 0 Å². The Bertz CT molecular complexity index is 447. The van der Waals surface area contributed by atoms with Gasteiger partial charge >= 0.3 is 0 Å². The molecule has 20 heavy (non-hydrogen) atoms. The van der Waals surface area contributed by atoms with Crippen LogP contribution >= 0.6 is 0 Å². The zero-order valence-corrected chi connectivity index (χ0v) is 11.5. The van der Waals surface area contributed by atoms with Crippen LogP contribution in [-0.2, 0) is 4.74 Å². The zero-order valence-electron chi connectivity index (χ0n) is 11.5. The van der Waals surface area contributed by atoms with Crippen molar-refractivity contribution in [2.45, 2.75) is 12.0 Å². The van der Waals surface area contributed by atoms with Gasteiger partial charge in [-0.2, -0.15) is 0 Å². The molecule has 1 unspecified atom stereocenters. The van der Waals surface area contributed by atoms with Crippen molar-refractivity contribution in [2.24, 2.45) is 5.73 Å². The average molecular weight is 271 g/mol. The lowest BCUT2D eigenvalue weighted by Crippen LogP contribution is -2.32. The van der Waals surface area contributed by atoms with Crippen LogP contribution in [0.1, 0.15) is 17.0 Å². The van der Waals surface area contributed by atoms with Crippen molar-refractivity contribution in [1.82, 2.24) is 0 Å². The molecule has 0 amide bonds. The minimum absolute atomic E-state index is 0.00675. The maximum absolute atomic E-state index is 8.97. The fourth-order valence-electron chi connectivity index (χ4n) is 2.45. The van der Waals surface area contributed by atoms with Crippen LogP contribution in [0.3, 0.4) is 0 Å². The van der Waals surface area contributed by atoms with Crippen molar-refractivity contribution in [3.63, 3.8) is 0 Å². The zero-order chi connectivity index (χ0) is 14.2. The summed E-state index contributed by atoms with van der Waals surface area (Å²) in [5, 5.41) is 8.97. The van der Waals surface area contributed by atoms with Crippen molar-refractivity contribution in [3.8, 4) is 0 Å². The van der Waals surface area contributed by atoms with Crippen LogP contribution in [0, 0.1) is 0 Å². The Morgan fingerprint density at radius 3 is 1.80 bits per heavy atom. The number of ether oxygens (including phenoxy) is 1. The summed E-state index contributed by atoms with van der Waals surface area (Å²) in [6.07, 6.45) is -0.146. The van der Waals surface area contributed by atoms with Crippen LogP contribution in [0.15, 0.2) is 60.7 Å². The first-order valence-corrected chi connectivity index (χ1v) is 6.89. The molecule has 2 aromatic carbocycles. The smallest absolute Gasteiger partial charge is 0.0807 e. The van der Waals surface area contributed by atoms with Crippen molar-refractivity contribution >= 4 is 0 Å². The largest absolute Gasteiger partial charge is 0.394 e. The van der Waals surface area contributed by atoms with Crippen LogP contribution in [0.5, 0.6) is 0 Å². The summed E-state index contributed by atoms with van der Waals surface area (Å²) >= 11 is 0. The molecule has 3 nitrogen and oxygen atoms in total. The third-order valence-corrected chi connectivity index (χ3v) is 3.34. The lowest BCUT2D eigenvalue weighted by atomic mass is 9.86. The van der Waals surface area contributed by atoms with Gasteiger partial charge < -0.3 is 15.6 Å². The molecule has 0 aliphatic carbocycles. The SMILES string of the molecule is NCC(OCCO)C(c1ccccc1)c1ccccc1. The fourth-order valence-corrected chi connectivity index (χ4v) is 2.45. The first kappa shape index (κ1) is 14.7. The maximum atomic E-state index is 8.97. The number of benzene rings is 2. The third-order valence-electron chi connectivity index (χ3n) is 3.34. The third kappa shape index (κ3) is 3.67. The van der Waals surface area contributed by atoms with E-state index in [0.29, 0.717) is 13.2 Å². The number of aliphatic hydroxyl groups excluding tert-OH is 1. The topological polar surface area (TPSA) is 55.5 Å². The summed E-state index contributed by atoms with van der Waals surface area (Å²) < 4.78 is 5.74. The molecule has 0 saturated heterocycles. The summed E-state index contributed by atoms with van der Waals surface area (Å²) in [6, 6.07) is 20.4. The van der Waals surface area contributed by atoms with Gasteiger partial charge in [-0.15, -0.1) is 0 Å². The van der Waals surface area contributed by atoms with Crippen LogP contribution in [0.2, 0.25) is 0 Å². The Morgan fingerprint density at radius 2 is 1.40 bits per heavy atom. The average Bonchev–Trinajstić information content (AvgIpc) is 2.53. The summed E-state index contributed by atoms with van der Waals surface area (Å²) in [7, 11) is 0. The lowest BCUT2D eigenvalue weighted by molar-refractivity contribution is 0.0249. The molecule has 0 aliphatic rings. The Kier molecular flexibility index (Phi) is 5.74. The molecule has 0 aromatic heterocycles. The first-order chi connectivity index (χ1) is 9.86. The highest BCUT2D eigenvalue weighted by Crippen LogP contribution is 2.29. The molecule has 3 N–H and O–H groups in total. The molecule has 106 valence electrons. The van der Waals surface area contributed by atoms with Crippen molar-refractivity contribution < 1.29 is 9.84 Å². The monoisotopic (exact) mass is 271 g/mol. The molecular weight excluding hydrogens is 250 g/mol. The van der Waals surface area contributed by atoms with E-state index in [-0.39, 0.29) is 18.6 Å². The Morgan fingerprint density at radius 1 is 0.900 bits per heavy atom. The van der Waals surface area contributed by atoms with Crippen molar-refractivity contribution in [2.75, 3.05) is 19.8 Å². The number of rotatable bonds is 7. The quantitative estimate of drug-likeness (QED) is 0.811. The maximum Gasteiger partial charge on any atom is 0.0807 e. The highest BCUT2D eigenvalue weighted by molar-refractivity contribution is 5.33. The van der Waals surface area contributed by atoms with Gasteiger partial charge in [0.1, 0.15) is 0 Å². The molecule has 0 saturated carbocycles. The predicted molar refractivity (Wildman–Crippen MR) is 80.6 cm³/mol. The van der Waals surface area contributed by atoms with Gasteiger partial charge in [0.05, 0.1) is 19.3 Å². The second kappa shape index (κ2) is 7.80. The van der Waals surface area contributed by atoms with Gasteiger partial charge in [-0.25, -0.2) is 0 Å². The summed E-state index contributed by atoms with van der Waals surface area (Å²) in [6.45, 7) is 0.722. The van der Waals surface area contributed by atoms with E-state index >= 15 is 0 Å². The first-order valence-electron chi connectivity index (χ1n) is 6.89. The van der Waals surface area contributed by atoms with E-state index in [1.165, 1.54) is 11.1 Å². The molecular formula is C17H21NO2. The van der Waals surface area contributed by atoms with E-state index in [1.807, 2.05) is 36.4 Å². The summed E-state index contributed by atoms with van der Waals surface area (Å²) in [4.78, 5) is 0. The highest BCUT2D eigenvalue weighted by Gasteiger charge is 2.24. The summed E-state index contributed by atoms with van der Waals surface area (Å²) in [5.74, 6) is 0.0777.